The van der Waals surface area contributed by atoms with Crippen molar-refractivity contribution in [2.24, 2.45) is 5.92 Å². The van der Waals surface area contributed by atoms with E-state index in [0.717, 1.165) is 5.56 Å². The number of halogens is 1. The second kappa shape index (κ2) is 9.75. The predicted molar refractivity (Wildman–Crippen MR) is 119 cm³/mol. The maximum absolute atomic E-state index is 13.1. The number of sulfonamides is 1. The van der Waals surface area contributed by atoms with Crippen molar-refractivity contribution in [3.63, 3.8) is 0 Å². The summed E-state index contributed by atoms with van der Waals surface area (Å²) in [5.41, 5.74) is 1.49. The Hall–Kier alpha value is -3.18. The Balaban J connectivity index is 1.29. The summed E-state index contributed by atoms with van der Waals surface area (Å²) >= 11 is 0. The maximum Gasteiger partial charge on any atom is 0.240 e. The number of hydrogen-bond donors (Lipinski definition) is 3. The first-order chi connectivity index (χ1) is 15.8. The highest BCUT2D eigenvalue weighted by molar-refractivity contribution is 7.89. The van der Waals surface area contributed by atoms with Gasteiger partial charge in [0.2, 0.25) is 21.8 Å². The van der Waals surface area contributed by atoms with Crippen molar-refractivity contribution >= 4 is 15.9 Å². The van der Waals surface area contributed by atoms with Crippen molar-refractivity contribution < 1.29 is 17.6 Å². The number of benzene rings is 2. The van der Waals surface area contributed by atoms with Gasteiger partial charge in [-0.05, 0) is 79.8 Å². The molecule has 0 spiro atoms. The van der Waals surface area contributed by atoms with E-state index in [9.17, 15) is 17.6 Å². The van der Waals surface area contributed by atoms with E-state index in [4.69, 9.17) is 0 Å². The van der Waals surface area contributed by atoms with Gasteiger partial charge >= 0.3 is 0 Å². The molecule has 1 amide bonds. The van der Waals surface area contributed by atoms with Crippen LogP contribution in [0.3, 0.4) is 0 Å². The zero-order valence-electron chi connectivity index (χ0n) is 18.0. The molecule has 0 unspecified atom stereocenters. The van der Waals surface area contributed by atoms with Gasteiger partial charge in [0, 0.05) is 17.5 Å². The molecule has 174 valence electrons. The van der Waals surface area contributed by atoms with Gasteiger partial charge in [-0.1, -0.05) is 12.1 Å². The molecule has 3 N–H and O–H groups in total. The van der Waals surface area contributed by atoms with Crippen molar-refractivity contribution in [3.05, 3.63) is 59.9 Å². The van der Waals surface area contributed by atoms with Crippen LogP contribution in [0.4, 0.5) is 4.39 Å². The first-order valence-corrected chi connectivity index (χ1v) is 12.2. The topological polar surface area (TPSA) is 130 Å². The van der Waals surface area contributed by atoms with Gasteiger partial charge < -0.3 is 5.32 Å². The number of nitrogens with zero attached hydrogens (tertiary/aromatic N) is 3. The van der Waals surface area contributed by atoms with Crippen LogP contribution in [0.1, 0.15) is 44.2 Å². The van der Waals surface area contributed by atoms with Gasteiger partial charge in [-0.25, -0.2) is 17.5 Å². The molecule has 0 saturated heterocycles. The average Bonchev–Trinajstić information content (AvgIpc) is 3.35. The third kappa shape index (κ3) is 5.60. The molecule has 0 radical (unpaired) electrons. The Bertz CT molecular complexity index is 1180. The lowest BCUT2D eigenvalue weighted by Crippen LogP contribution is -2.41. The fourth-order valence-electron chi connectivity index (χ4n) is 3.99. The summed E-state index contributed by atoms with van der Waals surface area (Å²) in [6, 6.07) is 11.8. The summed E-state index contributed by atoms with van der Waals surface area (Å²) in [5.74, 6) is -0.175. The van der Waals surface area contributed by atoms with Gasteiger partial charge in [0.05, 0.1) is 10.9 Å². The first-order valence-electron chi connectivity index (χ1n) is 10.7. The molecule has 9 nitrogen and oxygen atoms in total. The number of H-pyrrole nitrogens is 1. The highest BCUT2D eigenvalue weighted by Crippen LogP contribution is 2.27. The lowest BCUT2D eigenvalue weighted by atomic mass is 9.85. The average molecular weight is 473 g/mol. The zero-order valence-corrected chi connectivity index (χ0v) is 18.8. The summed E-state index contributed by atoms with van der Waals surface area (Å²) in [7, 11) is -3.69. The number of carbonyl (C=O) groups is 1. The van der Waals surface area contributed by atoms with Gasteiger partial charge in [-0.3, -0.25) is 4.79 Å². The molecule has 1 aromatic heterocycles. The van der Waals surface area contributed by atoms with Crippen LogP contribution in [0, 0.1) is 11.7 Å². The molecule has 33 heavy (non-hydrogen) atoms. The molecule has 1 atom stereocenters. The van der Waals surface area contributed by atoms with Crippen LogP contribution in [-0.2, 0) is 14.8 Å². The van der Waals surface area contributed by atoms with E-state index in [1.54, 1.807) is 24.3 Å². The molecule has 1 heterocycles. The van der Waals surface area contributed by atoms with Crippen LogP contribution in [-0.4, -0.2) is 41.0 Å². The van der Waals surface area contributed by atoms with E-state index in [1.165, 1.54) is 24.3 Å². The number of amides is 1. The van der Waals surface area contributed by atoms with Crippen LogP contribution in [0.25, 0.3) is 11.4 Å². The van der Waals surface area contributed by atoms with Gasteiger partial charge in [0.25, 0.3) is 0 Å². The monoisotopic (exact) mass is 472 g/mol. The SMILES string of the molecule is C[C@@H](NC(=O)C1CCC(NS(=O)(=O)c2ccc(-c3nn[nH]n3)cc2)CC1)c1ccc(F)cc1. The van der Waals surface area contributed by atoms with Crippen LogP contribution < -0.4 is 10.0 Å². The van der Waals surface area contributed by atoms with E-state index < -0.39 is 10.0 Å². The highest BCUT2D eigenvalue weighted by Gasteiger charge is 2.29. The predicted octanol–water partition coefficient (Wildman–Crippen LogP) is 2.72. The molecule has 4 rings (SSSR count). The van der Waals surface area contributed by atoms with E-state index in [2.05, 4.69) is 30.7 Å². The molecule has 3 aromatic rings. The minimum Gasteiger partial charge on any atom is -0.349 e. The Morgan fingerprint density at radius 2 is 1.73 bits per heavy atom. The Morgan fingerprint density at radius 1 is 1.06 bits per heavy atom. The van der Waals surface area contributed by atoms with Gasteiger partial charge in [-0.15, -0.1) is 10.2 Å². The third-order valence-corrected chi connectivity index (χ3v) is 7.45. The number of carbonyl (C=O) groups excluding carboxylic acids is 1. The summed E-state index contributed by atoms with van der Waals surface area (Å²) in [5, 5.41) is 16.6. The van der Waals surface area contributed by atoms with Crippen molar-refractivity contribution in [2.45, 2.75) is 49.6 Å². The molecule has 11 heteroatoms. The number of nitrogens with one attached hydrogen (secondary N) is 3. The number of aromatic amines is 1. The fraction of sp³-hybridized carbons (Fsp3) is 0.364. The molecule has 1 saturated carbocycles. The molecule has 0 bridgehead atoms. The minimum atomic E-state index is -3.69. The van der Waals surface area contributed by atoms with Crippen molar-refractivity contribution in [1.82, 2.24) is 30.7 Å². The molecule has 1 aliphatic carbocycles. The Labute approximate surface area is 191 Å². The number of rotatable bonds is 7. The Kier molecular flexibility index (Phi) is 6.80. The second-order valence-corrected chi connectivity index (χ2v) is 9.93. The van der Waals surface area contributed by atoms with Crippen LogP contribution in [0.15, 0.2) is 53.4 Å². The van der Waals surface area contributed by atoms with Gasteiger partial charge in [0.1, 0.15) is 5.82 Å². The molecule has 1 fully saturated rings. The zero-order chi connectivity index (χ0) is 23.4. The molecule has 1 aliphatic rings. The number of aromatic nitrogens is 4. The van der Waals surface area contributed by atoms with Crippen molar-refractivity contribution in [1.29, 1.82) is 0 Å². The van der Waals surface area contributed by atoms with E-state index >= 15 is 0 Å². The standard InChI is InChI=1S/C22H25FN6O3S/c1-14(15-2-8-18(23)9-3-15)24-22(30)17-4-10-19(11-5-17)27-33(31,32)20-12-6-16(7-13-20)21-25-28-29-26-21/h2-3,6-9,12-14,17,19,27H,4-5,10-11H2,1H3,(H,24,30)(H,25,26,28,29)/t14-,17?,19?/m1/s1. The normalized spacial score (nSPS) is 19.7. The van der Waals surface area contributed by atoms with Crippen LogP contribution >= 0.6 is 0 Å². The lowest BCUT2D eigenvalue weighted by molar-refractivity contribution is -0.126. The van der Waals surface area contributed by atoms with E-state index in [1.807, 2.05) is 6.92 Å². The molecule has 2 aromatic carbocycles. The minimum absolute atomic E-state index is 0.0646. The first kappa shape index (κ1) is 23.0. The largest absolute Gasteiger partial charge is 0.349 e. The highest BCUT2D eigenvalue weighted by atomic mass is 32.2. The third-order valence-electron chi connectivity index (χ3n) is 5.92. The summed E-state index contributed by atoms with van der Waals surface area (Å²) in [6.45, 7) is 1.86. The Morgan fingerprint density at radius 3 is 2.33 bits per heavy atom. The van der Waals surface area contributed by atoms with Crippen LogP contribution in [0.2, 0.25) is 0 Å². The van der Waals surface area contributed by atoms with Crippen LogP contribution in [0.5, 0.6) is 0 Å². The van der Waals surface area contributed by atoms with Crippen molar-refractivity contribution in [3.8, 4) is 11.4 Å². The lowest BCUT2D eigenvalue weighted by Gasteiger charge is -2.29. The summed E-state index contributed by atoms with van der Waals surface area (Å²) in [6.07, 6.45) is 2.32. The second-order valence-electron chi connectivity index (χ2n) is 8.21. The number of tetrazole rings is 1. The van der Waals surface area contributed by atoms with Crippen molar-refractivity contribution in [2.75, 3.05) is 0 Å². The maximum atomic E-state index is 13.1. The quantitative estimate of drug-likeness (QED) is 0.485. The molecule has 0 aliphatic heterocycles. The van der Waals surface area contributed by atoms with Gasteiger partial charge in [0.15, 0.2) is 0 Å². The fourth-order valence-corrected chi connectivity index (χ4v) is 5.30. The van der Waals surface area contributed by atoms with Gasteiger partial charge in [-0.2, -0.15) is 5.21 Å². The molecular weight excluding hydrogens is 447 g/mol. The van der Waals surface area contributed by atoms with E-state index in [0.29, 0.717) is 37.1 Å². The van der Waals surface area contributed by atoms with E-state index in [-0.39, 0.29) is 34.6 Å². The summed E-state index contributed by atoms with van der Waals surface area (Å²) < 4.78 is 41.4. The number of hydrogen-bond acceptors (Lipinski definition) is 6. The smallest absolute Gasteiger partial charge is 0.240 e. The molecular formula is C22H25FN6O3S. The summed E-state index contributed by atoms with van der Waals surface area (Å²) in [4.78, 5) is 12.8.